The molecule has 0 fully saturated rings. The number of hydrogen-bond acceptors (Lipinski definition) is 4. The van der Waals surface area contributed by atoms with Gasteiger partial charge in [-0.25, -0.2) is 19.9 Å². The highest BCUT2D eigenvalue weighted by molar-refractivity contribution is 5.82. The Bertz CT molecular complexity index is 5460. The Labute approximate surface area is 571 Å². The van der Waals surface area contributed by atoms with E-state index < -0.39 is 0 Å². The largest absolute Gasteiger partial charge is 0.326 e. The van der Waals surface area contributed by atoms with Crippen molar-refractivity contribution in [2.24, 2.45) is 56.4 Å². The number of fused-ring (bicyclic) bond motifs is 3. The molecule has 0 atom stereocenters. The number of rotatable bonds is 8. The van der Waals surface area contributed by atoms with Crippen LogP contribution in [-0.4, -0.2) is 38.2 Å². The van der Waals surface area contributed by atoms with Crippen LogP contribution in [0.15, 0.2) is 224 Å². The Balaban J connectivity index is 0.000000124. The minimum atomic E-state index is 0.981. The molecule has 0 unspecified atom stereocenters. The molecular weight excluding hydrogens is 1190 g/mol. The van der Waals surface area contributed by atoms with Crippen molar-refractivity contribution >= 4 is 33.1 Å². The summed E-state index contributed by atoms with van der Waals surface area (Å²) in [7, 11) is 16.8. The number of nitrogens with zero attached hydrogens (tertiary/aromatic N) is 12. The van der Waals surface area contributed by atoms with E-state index in [1.807, 2.05) is 18.2 Å². The highest BCUT2D eigenvalue weighted by Crippen LogP contribution is 2.31. The number of aryl methyl sites for hydroxylation is 11. The topological polar surface area (TPSA) is 86.8 Å². The van der Waals surface area contributed by atoms with Gasteiger partial charge in [0.2, 0.25) is 68.8 Å². The molecule has 8 heterocycles. The molecule has 0 amide bonds. The zero-order valence-corrected chi connectivity index (χ0v) is 59.2. The molecule has 0 aliphatic carbocycles. The molecule has 12 nitrogen and oxygen atoms in total. The number of hydrogen-bond donors (Lipinski definition) is 0. The lowest BCUT2D eigenvalue weighted by molar-refractivity contribution is -0.649. The standard InChI is InChI=1S/C23H24N3.C22H22N3.C21H20N3.C19H22N3/c1-15-13-17(3)18(14-16(15)2)20-11-8-12-22(25(20)4)23-24-19-9-6-7-10-21(19)26(23)5;1-15-12-13-16(2)17(14-15)19-10-7-11-21(24(19)3)22-23-18-8-5-6-9-20(18)25(22)4;1-15-9-4-5-10-16(15)18-13-8-14-20(23(18)2)21-22-17-11-6-7-12-19(17)24(21)3;1-13-9-6-7-10-16(13)17-11-8-12-18(22(17)5)19-20-14(2)15(3)21(19)4/h6-14H,1-5H3;5-14H,1-4H3;4-14H,1-3H3;6-12H,1-5H3/q4*+1. The van der Waals surface area contributed by atoms with Gasteiger partial charge < -0.3 is 18.3 Å². The number of pyridine rings is 4. The first kappa shape index (κ1) is 65.8. The lowest BCUT2D eigenvalue weighted by Crippen LogP contribution is -2.34. The Morgan fingerprint density at radius 2 is 0.557 bits per heavy atom. The van der Waals surface area contributed by atoms with E-state index in [1.165, 1.54) is 89.7 Å². The quantitative estimate of drug-likeness (QED) is 0.142. The molecule has 0 saturated carbocycles. The molecule has 0 N–H and O–H groups in total. The van der Waals surface area contributed by atoms with E-state index >= 15 is 0 Å². The Morgan fingerprint density at radius 1 is 0.247 bits per heavy atom. The van der Waals surface area contributed by atoms with Crippen molar-refractivity contribution in [3.63, 3.8) is 0 Å². The molecule has 0 bridgehead atoms. The predicted octanol–water partition coefficient (Wildman–Crippen LogP) is 16.5. The van der Waals surface area contributed by atoms with E-state index in [-0.39, 0.29) is 0 Å². The summed E-state index contributed by atoms with van der Waals surface area (Å²) in [5.41, 5.74) is 32.2. The monoisotopic (exact) mass is 1280 g/mol. The van der Waals surface area contributed by atoms with Crippen LogP contribution in [0, 0.1) is 62.3 Å². The third-order valence-electron chi connectivity index (χ3n) is 19.4. The molecule has 8 aromatic heterocycles. The van der Waals surface area contributed by atoms with Crippen LogP contribution in [0.3, 0.4) is 0 Å². The zero-order valence-electron chi connectivity index (χ0n) is 59.2. The van der Waals surface area contributed by atoms with Gasteiger partial charge in [0, 0.05) is 105 Å². The van der Waals surface area contributed by atoms with Crippen LogP contribution in [0.2, 0.25) is 0 Å². The first-order valence-electron chi connectivity index (χ1n) is 33.2. The van der Waals surface area contributed by atoms with Gasteiger partial charge in [-0.3, -0.25) is 0 Å². The maximum atomic E-state index is 4.87. The summed E-state index contributed by atoms with van der Waals surface area (Å²) in [4.78, 5) is 19.3. The Kier molecular flexibility index (Phi) is 18.7. The molecule has 0 spiro atoms. The van der Waals surface area contributed by atoms with E-state index in [0.29, 0.717) is 0 Å². The fourth-order valence-corrected chi connectivity index (χ4v) is 13.4. The summed E-state index contributed by atoms with van der Waals surface area (Å²) in [5, 5.41) is 0. The van der Waals surface area contributed by atoms with E-state index in [2.05, 4.69) is 361 Å². The van der Waals surface area contributed by atoms with E-state index in [9.17, 15) is 0 Å². The van der Waals surface area contributed by atoms with Gasteiger partial charge in [-0.1, -0.05) is 96.6 Å². The second-order valence-electron chi connectivity index (χ2n) is 25.7. The van der Waals surface area contributed by atoms with Gasteiger partial charge in [-0.2, -0.15) is 18.3 Å². The van der Waals surface area contributed by atoms with Gasteiger partial charge in [0.1, 0.15) is 28.2 Å². The first-order chi connectivity index (χ1) is 46.7. The fourth-order valence-electron chi connectivity index (χ4n) is 13.4. The predicted molar refractivity (Wildman–Crippen MR) is 396 cm³/mol. The first-order valence-corrected chi connectivity index (χ1v) is 33.2. The van der Waals surface area contributed by atoms with Crippen LogP contribution in [0.4, 0.5) is 0 Å². The fraction of sp³-hybridized carbons (Fsp3) is 0.200. The molecule has 0 saturated heterocycles. The summed E-state index contributed by atoms with van der Waals surface area (Å²) in [6.07, 6.45) is 0. The average Bonchev–Trinajstić information content (AvgIpc) is 1.70. The smallest absolute Gasteiger partial charge is 0.248 e. The van der Waals surface area contributed by atoms with Crippen LogP contribution >= 0.6 is 0 Å². The van der Waals surface area contributed by atoms with Crippen LogP contribution in [0.1, 0.15) is 50.3 Å². The zero-order chi connectivity index (χ0) is 68.5. The van der Waals surface area contributed by atoms with Crippen LogP contribution in [0.25, 0.3) is 124 Å². The lowest BCUT2D eigenvalue weighted by Gasteiger charge is -2.10. The van der Waals surface area contributed by atoms with E-state index in [1.54, 1.807) is 0 Å². The van der Waals surface area contributed by atoms with Crippen molar-refractivity contribution in [2.45, 2.75) is 62.3 Å². The van der Waals surface area contributed by atoms with Crippen LogP contribution in [0.5, 0.6) is 0 Å². The lowest BCUT2D eigenvalue weighted by atomic mass is 9.98. The summed E-state index contributed by atoms with van der Waals surface area (Å²) in [6.45, 7) is 19.3. The molecule has 0 radical (unpaired) electrons. The van der Waals surface area contributed by atoms with Gasteiger partial charge >= 0.3 is 0 Å². The van der Waals surface area contributed by atoms with Gasteiger partial charge in [0.25, 0.3) is 0 Å². The minimum absolute atomic E-state index is 0.981. The van der Waals surface area contributed by atoms with E-state index in [0.717, 1.165) is 84.9 Å². The number of aromatic nitrogens is 12. The SMILES string of the molecule is Cc1cc(C)c(-c2cccc(-c3nc4ccccc4n3C)[n+]2C)cc1C.Cc1ccc(C)c(-c2cccc(-c3nc4ccccc4n3C)[n+]2C)c1.Cc1ccccc1-c1cccc(-c2nc(C)c(C)n2C)[n+]1C.Cc1ccccc1-c1cccc(-c2nc3ccccc3n2C)[n+]1C. The molecule has 15 aromatic rings. The summed E-state index contributed by atoms with van der Waals surface area (Å²) in [5.74, 6) is 3.95. The second-order valence-corrected chi connectivity index (χ2v) is 25.7. The van der Waals surface area contributed by atoms with Crippen molar-refractivity contribution in [1.82, 2.24) is 38.2 Å². The summed E-state index contributed by atoms with van der Waals surface area (Å²) < 4.78 is 17.6. The van der Waals surface area contributed by atoms with Crippen molar-refractivity contribution in [2.75, 3.05) is 0 Å². The third-order valence-corrected chi connectivity index (χ3v) is 19.4. The van der Waals surface area contributed by atoms with Crippen molar-refractivity contribution in [3.05, 3.63) is 275 Å². The molecular formula is C85H88N12+4. The Hall–Kier alpha value is -11.2. The minimum Gasteiger partial charge on any atom is -0.326 e. The number of imidazole rings is 4. The van der Waals surface area contributed by atoms with Gasteiger partial charge in [0.05, 0.1) is 38.8 Å². The molecule has 15 rings (SSSR count). The van der Waals surface area contributed by atoms with Gasteiger partial charge in [-0.15, -0.1) is 0 Å². The maximum Gasteiger partial charge on any atom is 0.248 e. The van der Waals surface area contributed by atoms with E-state index in [4.69, 9.17) is 19.9 Å². The summed E-state index contributed by atoms with van der Waals surface area (Å²) in [6, 6.07) is 78.6. The van der Waals surface area contributed by atoms with Crippen LogP contribution < -0.4 is 18.3 Å². The maximum absolute atomic E-state index is 4.87. The highest BCUT2D eigenvalue weighted by Gasteiger charge is 2.27. The molecule has 12 heteroatoms. The highest BCUT2D eigenvalue weighted by atomic mass is 15.1. The van der Waals surface area contributed by atoms with Crippen molar-refractivity contribution in [3.8, 4) is 91.1 Å². The van der Waals surface area contributed by atoms with Gasteiger partial charge in [-0.05, 0) is 181 Å². The molecule has 7 aromatic carbocycles. The van der Waals surface area contributed by atoms with Crippen LogP contribution in [-0.2, 0) is 56.4 Å². The molecule has 0 aliphatic heterocycles. The van der Waals surface area contributed by atoms with Crippen molar-refractivity contribution in [1.29, 1.82) is 0 Å². The van der Waals surface area contributed by atoms with Gasteiger partial charge in [0.15, 0.2) is 0 Å². The molecule has 97 heavy (non-hydrogen) atoms. The number of para-hydroxylation sites is 6. The number of benzene rings is 7. The van der Waals surface area contributed by atoms with Crippen molar-refractivity contribution < 1.29 is 18.3 Å². The average molecular weight is 1280 g/mol. The Morgan fingerprint density at radius 3 is 0.918 bits per heavy atom. The second kappa shape index (κ2) is 27.6. The molecule has 0 aliphatic rings. The third kappa shape index (κ3) is 12.8. The normalized spacial score (nSPS) is 11.1. The molecule has 484 valence electrons. The summed E-state index contributed by atoms with van der Waals surface area (Å²) >= 11 is 0.